The molecule has 0 aromatic carbocycles. The van der Waals surface area contributed by atoms with Crippen molar-refractivity contribution in [2.45, 2.75) is 26.3 Å². The summed E-state index contributed by atoms with van der Waals surface area (Å²) in [6, 6.07) is 4.11. The minimum Gasteiger partial charge on any atom is -0.281 e. The van der Waals surface area contributed by atoms with Crippen molar-refractivity contribution in [3.63, 3.8) is 0 Å². The van der Waals surface area contributed by atoms with Crippen molar-refractivity contribution in [3.8, 4) is 0 Å². The molecule has 1 aliphatic heterocycles. The maximum Gasteiger partial charge on any atom is 0.234 e. The van der Waals surface area contributed by atoms with Gasteiger partial charge in [0.25, 0.3) is 0 Å². The van der Waals surface area contributed by atoms with Crippen molar-refractivity contribution < 1.29 is 9.59 Å². The molecule has 6 heteroatoms. The van der Waals surface area contributed by atoms with E-state index < -0.39 is 0 Å². The van der Waals surface area contributed by atoms with Crippen molar-refractivity contribution >= 4 is 39.1 Å². The predicted octanol–water partition coefficient (Wildman–Crippen LogP) is 3.24. The van der Waals surface area contributed by atoms with Gasteiger partial charge in [-0.3, -0.25) is 19.4 Å². The number of halogens is 1. The van der Waals surface area contributed by atoms with Gasteiger partial charge in [-0.05, 0) is 47.4 Å². The molecular weight excluding hydrogens is 364 g/mol. The first-order valence-electron chi connectivity index (χ1n) is 7.57. The van der Waals surface area contributed by atoms with Crippen LogP contribution in [0.1, 0.15) is 24.6 Å². The second kappa shape index (κ2) is 6.64. The van der Waals surface area contributed by atoms with Crippen molar-refractivity contribution in [1.82, 2.24) is 9.80 Å². The molecular formula is C16H19BrN2O2S. The van der Waals surface area contributed by atoms with Gasteiger partial charge >= 0.3 is 0 Å². The fourth-order valence-electron chi connectivity index (χ4n) is 3.13. The lowest BCUT2D eigenvalue weighted by atomic mass is 9.85. The smallest absolute Gasteiger partial charge is 0.234 e. The average molecular weight is 383 g/mol. The van der Waals surface area contributed by atoms with Gasteiger partial charge in [-0.1, -0.05) is 19.1 Å². The number of fused-ring (bicyclic) bond motifs is 1. The summed E-state index contributed by atoms with van der Waals surface area (Å²) in [4.78, 5) is 29.8. The van der Waals surface area contributed by atoms with E-state index in [0.29, 0.717) is 19.5 Å². The molecule has 0 spiro atoms. The topological polar surface area (TPSA) is 40.6 Å². The van der Waals surface area contributed by atoms with Gasteiger partial charge in [0.2, 0.25) is 11.8 Å². The normalized spacial score (nSPS) is 24.4. The first kappa shape index (κ1) is 15.9. The number of nitrogens with zero attached hydrogens (tertiary/aromatic N) is 2. The van der Waals surface area contributed by atoms with Crippen LogP contribution in [-0.2, 0) is 16.1 Å². The molecule has 22 heavy (non-hydrogen) atoms. The fraction of sp³-hybridized carbons (Fsp3) is 0.500. The molecule has 0 radical (unpaired) electrons. The Morgan fingerprint density at radius 1 is 1.23 bits per heavy atom. The number of carbonyl (C=O) groups excluding carboxylic acids is 2. The maximum atomic E-state index is 12.5. The zero-order valence-corrected chi connectivity index (χ0v) is 14.9. The number of allylic oxidation sites excluding steroid dienone is 2. The van der Waals surface area contributed by atoms with Crippen LogP contribution in [-0.4, -0.2) is 34.8 Å². The lowest BCUT2D eigenvalue weighted by Crippen LogP contribution is -2.41. The van der Waals surface area contributed by atoms with Gasteiger partial charge in [-0.2, -0.15) is 0 Å². The summed E-state index contributed by atoms with van der Waals surface area (Å²) < 4.78 is 1.10. The van der Waals surface area contributed by atoms with Gasteiger partial charge < -0.3 is 0 Å². The molecule has 1 aromatic heterocycles. The van der Waals surface area contributed by atoms with E-state index in [1.54, 1.807) is 11.3 Å². The molecule has 2 atom stereocenters. The third-order valence-electron chi connectivity index (χ3n) is 4.40. The number of carbonyl (C=O) groups is 2. The number of amides is 2. The monoisotopic (exact) mass is 382 g/mol. The van der Waals surface area contributed by atoms with E-state index in [1.165, 1.54) is 9.78 Å². The highest BCUT2D eigenvalue weighted by Gasteiger charge is 2.47. The SMILES string of the molecule is CCN(Cc1ccc(Br)s1)CN1C(=O)[C@@H]2CC=CC[C@H]2C1=O. The minimum atomic E-state index is -0.132. The summed E-state index contributed by atoms with van der Waals surface area (Å²) in [5.41, 5.74) is 0. The van der Waals surface area contributed by atoms with Gasteiger partial charge in [-0.25, -0.2) is 0 Å². The third kappa shape index (κ3) is 3.05. The molecule has 2 aliphatic rings. The van der Waals surface area contributed by atoms with Crippen LogP contribution in [0.2, 0.25) is 0 Å². The Hall–Kier alpha value is -0.980. The summed E-state index contributed by atoms with van der Waals surface area (Å²) in [6.45, 7) is 4.02. The summed E-state index contributed by atoms with van der Waals surface area (Å²) in [6.07, 6.45) is 5.46. The average Bonchev–Trinajstić information content (AvgIpc) is 3.04. The summed E-state index contributed by atoms with van der Waals surface area (Å²) in [5, 5.41) is 0. The lowest BCUT2D eigenvalue weighted by molar-refractivity contribution is -0.142. The first-order valence-corrected chi connectivity index (χ1v) is 9.18. The highest BCUT2D eigenvalue weighted by Crippen LogP contribution is 2.35. The highest BCUT2D eigenvalue weighted by atomic mass is 79.9. The molecule has 1 aromatic rings. The van der Waals surface area contributed by atoms with Gasteiger partial charge in [0, 0.05) is 11.4 Å². The van der Waals surface area contributed by atoms with E-state index in [2.05, 4.69) is 33.8 Å². The Bertz CT molecular complexity index is 587. The molecule has 118 valence electrons. The van der Waals surface area contributed by atoms with Crippen LogP contribution in [0.5, 0.6) is 0 Å². The number of hydrogen-bond donors (Lipinski definition) is 0. The van der Waals surface area contributed by atoms with Crippen molar-refractivity contribution in [1.29, 1.82) is 0 Å². The van der Waals surface area contributed by atoms with Crippen LogP contribution >= 0.6 is 27.3 Å². The van der Waals surface area contributed by atoms with Gasteiger partial charge in [0.15, 0.2) is 0 Å². The summed E-state index contributed by atoms with van der Waals surface area (Å²) >= 11 is 5.15. The molecule has 1 saturated heterocycles. The number of imide groups is 1. The number of rotatable bonds is 5. The minimum absolute atomic E-state index is 0.00478. The van der Waals surface area contributed by atoms with Crippen LogP contribution in [0.15, 0.2) is 28.1 Å². The van der Waals surface area contributed by atoms with Gasteiger partial charge in [0.05, 0.1) is 22.3 Å². The largest absolute Gasteiger partial charge is 0.281 e. The Kier molecular flexibility index (Phi) is 4.80. The predicted molar refractivity (Wildman–Crippen MR) is 90.2 cm³/mol. The molecule has 0 unspecified atom stereocenters. The molecule has 1 aliphatic carbocycles. The van der Waals surface area contributed by atoms with Crippen LogP contribution in [0.3, 0.4) is 0 Å². The summed E-state index contributed by atoms with van der Waals surface area (Å²) in [7, 11) is 0. The van der Waals surface area contributed by atoms with Gasteiger partial charge in [-0.15, -0.1) is 11.3 Å². The molecule has 1 fully saturated rings. The highest BCUT2D eigenvalue weighted by molar-refractivity contribution is 9.11. The van der Waals surface area contributed by atoms with E-state index >= 15 is 0 Å². The van der Waals surface area contributed by atoms with Gasteiger partial charge in [0.1, 0.15) is 0 Å². The van der Waals surface area contributed by atoms with Crippen LogP contribution in [0, 0.1) is 11.8 Å². The Morgan fingerprint density at radius 3 is 2.36 bits per heavy atom. The molecule has 0 saturated carbocycles. The second-order valence-corrected chi connectivity index (χ2v) is 8.30. The van der Waals surface area contributed by atoms with E-state index in [1.807, 2.05) is 18.2 Å². The van der Waals surface area contributed by atoms with Crippen molar-refractivity contribution in [2.24, 2.45) is 11.8 Å². The zero-order valence-electron chi connectivity index (χ0n) is 12.5. The Balaban J connectivity index is 1.68. The van der Waals surface area contributed by atoms with E-state index in [9.17, 15) is 9.59 Å². The molecule has 3 rings (SSSR count). The first-order chi connectivity index (χ1) is 10.6. The second-order valence-electron chi connectivity index (χ2n) is 5.75. The zero-order chi connectivity index (χ0) is 15.7. The molecule has 0 bridgehead atoms. The molecule has 2 heterocycles. The van der Waals surface area contributed by atoms with E-state index in [-0.39, 0.29) is 23.7 Å². The Labute approximate surface area is 142 Å². The third-order valence-corrected chi connectivity index (χ3v) is 6.00. The number of likely N-dealkylation sites (tertiary alicyclic amines) is 1. The maximum absolute atomic E-state index is 12.5. The lowest BCUT2D eigenvalue weighted by Gasteiger charge is -2.25. The molecule has 0 N–H and O–H groups in total. The Morgan fingerprint density at radius 2 is 1.86 bits per heavy atom. The number of thiophene rings is 1. The van der Waals surface area contributed by atoms with Crippen LogP contribution in [0.25, 0.3) is 0 Å². The van der Waals surface area contributed by atoms with Crippen molar-refractivity contribution in [2.75, 3.05) is 13.2 Å². The standard InChI is InChI=1S/C16H19BrN2O2S/c1-2-18(9-11-7-8-14(17)22-11)10-19-15(20)12-5-3-4-6-13(12)16(19)21/h3-4,7-8,12-13H,2,5-6,9-10H2,1H3/t12-,13-/m1/s1. The van der Waals surface area contributed by atoms with Crippen LogP contribution < -0.4 is 0 Å². The molecule has 4 nitrogen and oxygen atoms in total. The number of hydrogen-bond acceptors (Lipinski definition) is 4. The van der Waals surface area contributed by atoms with E-state index in [0.717, 1.165) is 16.9 Å². The fourth-order valence-corrected chi connectivity index (χ4v) is 4.65. The summed E-state index contributed by atoms with van der Waals surface area (Å²) in [5.74, 6) is -0.255. The molecule has 2 amide bonds. The quantitative estimate of drug-likeness (QED) is 0.579. The van der Waals surface area contributed by atoms with E-state index in [4.69, 9.17) is 0 Å². The van der Waals surface area contributed by atoms with Crippen molar-refractivity contribution in [3.05, 3.63) is 32.9 Å². The van der Waals surface area contributed by atoms with Crippen LogP contribution in [0.4, 0.5) is 0 Å².